The van der Waals surface area contributed by atoms with Crippen molar-refractivity contribution in [1.82, 2.24) is 9.80 Å². The fourth-order valence-electron chi connectivity index (χ4n) is 3.12. The molecule has 0 N–H and O–H groups in total. The Morgan fingerprint density at radius 1 is 1.07 bits per heavy atom. The lowest BCUT2D eigenvalue weighted by Crippen LogP contribution is -2.49. The number of nitrogens with zero attached hydrogens (tertiary/aromatic N) is 2. The molecule has 1 aliphatic rings. The lowest BCUT2D eigenvalue weighted by atomic mass is 10.1. The Bertz CT molecular complexity index is 939. The Balaban J connectivity index is 1.53. The zero-order valence-corrected chi connectivity index (χ0v) is 17.2. The topological polar surface area (TPSA) is 66.9 Å². The number of carbonyl (C=O) groups excluding carboxylic acids is 1. The summed E-state index contributed by atoms with van der Waals surface area (Å²) in [6.45, 7) is 3.21. The van der Waals surface area contributed by atoms with E-state index in [1.807, 2.05) is 0 Å². The molecule has 0 atom stereocenters. The highest BCUT2D eigenvalue weighted by atomic mass is 32.2. The van der Waals surface area contributed by atoms with Crippen LogP contribution in [-0.2, 0) is 16.4 Å². The summed E-state index contributed by atoms with van der Waals surface area (Å²) in [4.78, 5) is 16.6. The molecule has 1 fully saturated rings. The van der Waals surface area contributed by atoms with Crippen LogP contribution in [0, 0.1) is 5.82 Å². The minimum absolute atomic E-state index is 0.0694. The number of benzene rings is 2. The second-order valence-corrected chi connectivity index (χ2v) is 9.47. The molecule has 1 amide bonds. The molecule has 29 heavy (non-hydrogen) atoms. The zero-order chi connectivity index (χ0) is 20.9. The lowest BCUT2D eigenvalue weighted by molar-refractivity contribution is 0.0643. The number of hydrogen-bond acceptors (Lipinski definition) is 5. The second-order valence-electron chi connectivity index (χ2n) is 7.21. The maximum absolute atomic E-state index is 13.0. The van der Waals surface area contributed by atoms with E-state index in [4.69, 9.17) is 4.74 Å². The first-order chi connectivity index (χ1) is 13.8. The predicted molar refractivity (Wildman–Crippen MR) is 109 cm³/mol. The molecule has 3 rings (SSSR count). The number of rotatable bonds is 7. The molecule has 1 heterocycles. The predicted octanol–water partition coefficient (Wildman–Crippen LogP) is 2.21. The van der Waals surface area contributed by atoms with Crippen molar-refractivity contribution < 1.29 is 22.3 Å². The summed E-state index contributed by atoms with van der Waals surface area (Å²) >= 11 is 0. The smallest absolute Gasteiger partial charge is 0.254 e. The van der Waals surface area contributed by atoms with Gasteiger partial charge in [0.1, 0.15) is 28.0 Å². The van der Waals surface area contributed by atoms with Crippen molar-refractivity contribution in [2.45, 2.75) is 6.61 Å². The van der Waals surface area contributed by atoms with Crippen molar-refractivity contribution in [3.8, 4) is 5.75 Å². The number of ether oxygens (including phenoxy) is 1. The van der Waals surface area contributed by atoms with Gasteiger partial charge in [0.15, 0.2) is 0 Å². The van der Waals surface area contributed by atoms with Gasteiger partial charge in [-0.15, -0.1) is 0 Å². The summed E-state index contributed by atoms with van der Waals surface area (Å²) in [6.07, 6.45) is 1.23. The molecule has 156 valence electrons. The normalized spacial score (nSPS) is 15.3. The van der Waals surface area contributed by atoms with E-state index in [1.54, 1.807) is 41.3 Å². The largest absolute Gasteiger partial charge is 0.489 e. The van der Waals surface area contributed by atoms with Crippen LogP contribution >= 0.6 is 0 Å². The molecule has 6 nitrogen and oxygen atoms in total. The average molecular weight is 421 g/mol. The van der Waals surface area contributed by atoms with Crippen LogP contribution < -0.4 is 4.74 Å². The quantitative estimate of drug-likeness (QED) is 0.687. The number of hydrogen-bond donors (Lipinski definition) is 0. The fourth-order valence-corrected chi connectivity index (χ4v) is 3.71. The summed E-state index contributed by atoms with van der Waals surface area (Å²) in [5.41, 5.74) is 1.39. The van der Waals surface area contributed by atoms with E-state index in [-0.39, 0.29) is 24.1 Å². The van der Waals surface area contributed by atoms with Crippen molar-refractivity contribution in [2.75, 3.05) is 44.7 Å². The minimum Gasteiger partial charge on any atom is -0.489 e. The summed E-state index contributed by atoms with van der Waals surface area (Å²) < 4.78 is 41.3. The highest BCUT2D eigenvalue weighted by molar-refractivity contribution is 7.90. The van der Waals surface area contributed by atoms with E-state index in [2.05, 4.69) is 4.90 Å². The van der Waals surface area contributed by atoms with Crippen molar-refractivity contribution in [3.05, 3.63) is 65.5 Å². The molecule has 0 unspecified atom stereocenters. The third-order valence-corrected chi connectivity index (χ3v) is 5.76. The van der Waals surface area contributed by atoms with Gasteiger partial charge in [-0.1, -0.05) is 18.2 Å². The van der Waals surface area contributed by atoms with Gasteiger partial charge in [-0.25, -0.2) is 12.8 Å². The summed E-state index contributed by atoms with van der Waals surface area (Å²) in [7, 11) is -2.98. The van der Waals surface area contributed by atoms with Gasteiger partial charge in [-0.2, -0.15) is 0 Å². The van der Waals surface area contributed by atoms with Gasteiger partial charge in [0.2, 0.25) is 0 Å². The third-order valence-electron chi connectivity index (χ3n) is 4.84. The van der Waals surface area contributed by atoms with E-state index >= 15 is 0 Å². The number of halogens is 1. The monoisotopic (exact) mass is 420 g/mol. The number of amides is 1. The van der Waals surface area contributed by atoms with Gasteiger partial charge in [0.05, 0.1) is 5.75 Å². The molecule has 2 aromatic rings. The summed E-state index contributed by atoms with van der Waals surface area (Å²) in [5.74, 6) is 0.346. The molecular formula is C21H25FN2O4S. The minimum atomic E-state index is -2.98. The van der Waals surface area contributed by atoms with Gasteiger partial charge in [0.25, 0.3) is 5.91 Å². The molecule has 8 heteroatoms. The van der Waals surface area contributed by atoms with E-state index in [0.29, 0.717) is 44.0 Å². The van der Waals surface area contributed by atoms with Gasteiger partial charge in [0, 0.05) is 44.5 Å². The van der Waals surface area contributed by atoms with Crippen molar-refractivity contribution in [2.24, 2.45) is 0 Å². The van der Waals surface area contributed by atoms with E-state index in [1.165, 1.54) is 18.4 Å². The summed E-state index contributed by atoms with van der Waals surface area (Å²) in [6, 6.07) is 13.1. The first-order valence-electron chi connectivity index (χ1n) is 9.47. The van der Waals surface area contributed by atoms with Crippen LogP contribution in [0.4, 0.5) is 4.39 Å². The van der Waals surface area contributed by atoms with Gasteiger partial charge >= 0.3 is 0 Å². The van der Waals surface area contributed by atoms with Crippen LogP contribution in [0.2, 0.25) is 0 Å². The average Bonchev–Trinajstić information content (AvgIpc) is 2.71. The van der Waals surface area contributed by atoms with Gasteiger partial charge in [-0.3, -0.25) is 9.69 Å². The Labute approximate surface area is 170 Å². The standard InChI is InChI=1S/C21H25FN2O4S/c1-29(26,27)14-13-23-9-11-24(12-10-23)21(25)18-3-2-4-20(15-18)28-16-17-5-7-19(22)8-6-17/h2-8,15H,9-14,16H2,1H3. The Morgan fingerprint density at radius 2 is 1.76 bits per heavy atom. The first kappa shape index (κ1) is 21.3. The number of carbonyl (C=O) groups is 1. The molecule has 0 aliphatic carbocycles. The Morgan fingerprint density at radius 3 is 2.41 bits per heavy atom. The second kappa shape index (κ2) is 9.37. The number of sulfone groups is 1. The third kappa shape index (κ3) is 6.54. The zero-order valence-electron chi connectivity index (χ0n) is 16.4. The van der Waals surface area contributed by atoms with Crippen LogP contribution in [0.3, 0.4) is 0 Å². The van der Waals surface area contributed by atoms with Crippen LogP contribution in [0.25, 0.3) is 0 Å². The number of piperazine rings is 1. The fraction of sp³-hybridized carbons (Fsp3) is 0.381. The van der Waals surface area contributed by atoms with Crippen LogP contribution in [0.1, 0.15) is 15.9 Å². The van der Waals surface area contributed by atoms with Crippen LogP contribution in [0.5, 0.6) is 5.75 Å². The lowest BCUT2D eigenvalue weighted by Gasteiger charge is -2.34. The molecule has 1 saturated heterocycles. The molecule has 0 spiro atoms. The maximum atomic E-state index is 13.0. The van der Waals surface area contributed by atoms with Gasteiger partial charge in [-0.05, 0) is 35.9 Å². The Kier molecular flexibility index (Phi) is 6.87. The molecule has 1 aliphatic heterocycles. The SMILES string of the molecule is CS(=O)(=O)CCN1CCN(C(=O)c2cccc(OCc3ccc(F)cc3)c2)CC1. The van der Waals surface area contributed by atoms with Crippen molar-refractivity contribution in [3.63, 3.8) is 0 Å². The van der Waals surface area contributed by atoms with Crippen molar-refractivity contribution >= 4 is 15.7 Å². The van der Waals surface area contributed by atoms with Crippen LogP contribution in [0.15, 0.2) is 48.5 Å². The van der Waals surface area contributed by atoms with Gasteiger partial charge < -0.3 is 9.64 Å². The first-order valence-corrected chi connectivity index (χ1v) is 11.5. The molecule has 0 aromatic heterocycles. The molecule has 0 saturated carbocycles. The maximum Gasteiger partial charge on any atom is 0.254 e. The van der Waals surface area contributed by atoms with Crippen LogP contribution in [-0.4, -0.2) is 68.9 Å². The van der Waals surface area contributed by atoms with E-state index < -0.39 is 9.84 Å². The molecular weight excluding hydrogens is 395 g/mol. The Hall–Kier alpha value is -2.45. The molecule has 2 aromatic carbocycles. The molecule has 0 bridgehead atoms. The van der Waals surface area contributed by atoms with E-state index in [0.717, 1.165) is 5.56 Å². The highest BCUT2D eigenvalue weighted by Crippen LogP contribution is 2.18. The van der Waals surface area contributed by atoms with Crippen molar-refractivity contribution in [1.29, 1.82) is 0 Å². The molecule has 0 radical (unpaired) electrons. The highest BCUT2D eigenvalue weighted by Gasteiger charge is 2.22. The summed E-state index contributed by atoms with van der Waals surface area (Å²) in [5, 5.41) is 0. The van der Waals surface area contributed by atoms with E-state index in [9.17, 15) is 17.6 Å².